The minimum absolute atomic E-state index is 0.0127. The fourth-order valence-electron chi connectivity index (χ4n) is 1.13. The Hall–Kier alpha value is -1.57. The highest BCUT2D eigenvalue weighted by Gasteiger charge is 2.18. The highest BCUT2D eigenvalue weighted by Crippen LogP contribution is 2.19. The van der Waals surface area contributed by atoms with Crippen molar-refractivity contribution in [2.24, 2.45) is 5.41 Å². The number of aromatic nitrogens is 2. The first-order valence-corrected chi connectivity index (χ1v) is 7.03. The number of carboxylic acids is 1. The molecular formula is C10H17N3O4S. The number of sulfonamides is 1. The molecule has 1 heterocycles. The standard InChI is InChI=1S/C10H17N3O4S/c1-10(2,3)4-5-18(16,17)13-8-6-7(9(14)15)11-12-8/h6H,4-5H2,1-3H3,(H,14,15)(H2,11,12,13). The van der Waals surface area contributed by atoms with Crippen molar-refractivity contribution in [1.82, 2.24) is 10.2 Å². The van der Waals surface area contributed by atoms with Crippen LogP contribution in [0.4, 0.5) is 5.82 Å². The van der Waals surface area contributed by atoms with Crippen LogP contribution in [0.3, 0.4) is 0 Å². The molecule has 1 aromatic rings. The van der Waals surface area contributed by atoms with E-state index < -0.39 is 16.0 Å². The molecule has 7 nitrogen and oxygen atoms in total. The average molecular weight is 275 g/mol. The molecule has 0 saturated heterocycles. The Bertz CT molecular complexity index is 528. The number of H-pyrrole nitrogens is 1. The van der Waals surface area contributed by atoms with Crippen molar-refractivity contribution >= 4 is 21.8 Å². The summed E-state index contributed by atoms with van der Waals surface area (Å²) in [5, 5.41) is 14.5. The predicted molar refractivity (Wildman–Crippen MR) is 67.0 cm³/mol. The average Bonchev–Trinajstić information content (AvgIpc) is 2.62. The van der Waals surface area contributed by atoms with Crippen LogP contribution in [-0.4, -0.2) is 35.4 Å². The zero-order chi connectivity index (χ0) is 14.0. The minimum Gasteiger partial charge on any atom is -0.477 e. The van der Waals surface area contributed by atoms with Gasteiger partial charge in [-0.05, 0) is 11.8 Å². The second-order valence-electron chi connectivity index (χ2n) is 5.20. The van der Waals surface area contributed by atoms with Crippen molar-refractivity contribution < 1.29 is 18.3 Å². The van der Waals surface area contributed by atoms with Crippen molar-refractivity contribution in [2.75, 3.05) is 10.5 Å². The number of nitrogens with zero attached hydrogens (tertiary/aromatic N) is 1. The number of aromatic carboxylic acids is 1. The molecule has 0 amide bonds. The Morgan fingerprint density at radius 3 is 2.56 bits per heavy atom. The number of carboxylic acid groups (broad SMARTS) is 1. The maximum atomic E-state index is 11.7. The lowest BCUT2D eigenvalue weighted by Gasteiger charge is -2.17. The molecule has 1 rings (SSSR count). The monoisotopic (exact) mass is 275 g/mol. The number of rotatable bonds is 5. The van der Waals surface area contributed by atoms with Crippen LogP contribution in [0.15, 0.2) is 6.07 Å². The normalized spacial score (nSPS) is 12.4. The Morgan fingerprint density at radius 1 is 1.50 bits per heavy atom. The Morgan fingerprint density at radius 2 is 2.11 bits per heavy atom. The summed E-state index contributed by atoms with van der Waals surface area (Å²) in [6, 6.07) is 1.14. The van der Waals surface area contributed by atoms with Crippen molar-refractivity contribution in [3.63, 3.8) is 0 Å². The highest BCUT2D eigenvalue weighted by molar-refractivity contribution is 7.92. The van der Waals surface area contributed by atoms with Gasteiger partial charge >= 0.3 is 5.97 Å². The van der Waals surface area contributed by atoms with Gasteiger partial charge in [-0.3, -0.25) is 9.82 Å². The number of hydrogen-bond acceptors (Lipinski definition) is 4. The summed E-state index contributed by atoms with van der Waals surface area (Å²) in [4.78, 5) is 10.6. The molecule has 0 aliphatic rings. The third-order valence-electron chi connectivity index (χ3n) is 2.19. The van der Waals surface area contributed by atoms with Gasteiger partial charge in [0.1, 0.15) is 5.69 Å². The van der Waals surface area contributed by atoms with E-state index in [2.05, 4.69) is 14.9 Å². The molecule has 0 aromatic carbocycles. The molecule has 0 spiro atoms. The van der Waals surface area contributed by atoms with Crippen LogP contribution in [0.25, 0.3) is 0 Å². The minimum atomic E-state index is -3.51. The van der Waals surface area contributed by atoms with E-state index >= 15 is 0 Å². The van der Waals surface area contributed by atoms with Crippen LogP contribution < -0.4 is 4.72 Å². The van der Waals surface area contributed by atoms with E-state index in [1.54, 1.807) is 0 Å². The largest absolute Gasteiger partial charge is 0.477 e. The highest BCUT2D eigenvalue weighted by atomic mass is 32.2. The lowest BCUT2D eigenvalue weighted by Crippen LogP contribution is -2.21. The van der Waals surface area contributed by atoms with Gasteiger partial charge in [0.25, 0.3) is 0 Å². The van der Waals surface area contributed by atoms with Gasteiger partial charge in [-0.15, -0.1) is 0 Å². The SMILES string of the molecule is CC(C)(C)CCS(=O)(=O)Nc1cc(C(=O)O)[nH]n1. The molecule has 1 aromatic heterocycles. The van der Waals surface area contributed by atoms with Crippen molar-refractivity contribution in [2.45, 2.75) is 27.2 Å². The van der Waals surface area contributed by atoms with Gasteiger partial charge in [-0.25, -0.2) is 13.2 Å². The molecule has 0 radical (unpaired) electrons. The van der Waals surface area contributed by atoms with Gasteiger partial charge in [0.2, 0.25) is 10.0 Å². The third-order valence-corrected chi connectivity index (χ3v) is 3.45. The van der Waals surface area contributed by atoms with Crippen LogP contribution in [0.5, 0.6) is 0 Å². The molecule has 0 atom stereocenters. The number of aromatic amines is 1. The summed E-state index contributed by atoms with van der Waals surface area (Å²) in [6.07, 6.45) is 0.499. The first-order chi connectivity index (χ1) is 8.09. The second kappa shape index (κ2) is 4.97. The molecule has 0 fully saturated rings. The maximum Gasteiger partial charge on any atom is 0.353 e. The quantitative estimate of drug-likeness (QED) is 0.749. The second-order valence-corrected chi connectivity index (χ2v) is 7.05. The summed E-state index contributed by atoms with van der Waals surface area (Å²) < 4.78 is 25.7. The Balaban J connectivity index is 2.67. The van der Waals surface area contributed by atoms with Crippen LogP contribution in [0.2, 0.25) is 0 Å². The van der Waals surface area contributed by atoms with Crippen LogP contribution in [0.1, 0.15) is 37.7 Å². The molecule has 0 unspecified atom stereocenters. The van der Waals surface area contributed by atoms with E-state index in [-0.39, 0.29) is 22.7 Å². The number of carbonyl (C=O) groups is 1. The van der Waals surface area contributed by atoms with Gasteiger partial charge in [0.15, 0.2) is 5.82 Å². The van der Waals surface area contributed by atoms with Gasteiger partial charge in [-0.2, -0.15) is 5.10 Å². The van der Waals surface area contributed by atoms with E-state index in [0.29, 0.717) is 6.42 Å². The van der Waals surface area contributed by atoms with Crippen LogP contribution >= 0.6 is 0 Å². The van der Waals surface area contributed by atoms with Gasteiger partial charge in [-0.1, -0.05) is 20.8 Å². The smallest absolute Gasteiger partial charge is 0.353 e. The fraction of sp³-hybridized carbons (Fsp3) is 0.600. The fourth-order valence-corrected chi connectivity index (χ4v) is 2.54. The summed E-state index contributed by atoms with van der Waals surface area (Å²) in [7, 11) is -3.51. The molecule has 0 bridgehead atoms. The summed E-state index contributed by atoms with van der Waals surface area (Å²) in [5.41, 5.74) is -0.254. The maximum absolute atomic E-state index is 11.7. The Kier molecular flexibility index (Phi) is 4.00. The molecule has 8 heteroatoms. The Labute approximate surface area is 106 Å². The number of hydrogen-bond donors (Lipinski definition) is 3. The molecule has 18 heavy (non-hydrogen) atoms. The number of anilines is 1. The predicted octanol–water partition coefficient (Wildman–Crippen LogP) is 1.29. The molecular weight excluding hydrogens is 258 g/mol. The zero-order valence-electron chi connectivity index (χ0n) is 10.5. The summed E-state index contributed by atoms with van der Waals surface area (Å²) in [6.45, 7) is 5.83. The van der Waals surface area contributed by atoms with Crippen LogP contribution in [-0.2, 0) is 10.0 Å². The molecule has 0 saturated carbocycles. The van der Waals surface area contributed by atoms with Gasteiger partial charge in [0, 0.05) is 6.07 Å². The first-order valence-electron chi connectivity index (χ1n) is 5.38. The topological polar surface area (TPSA) is 112 Å². The van der Waals surface area contributed by atoms with E-state index in [1.165, 1.54) is 0 Å². The van der Waals surface area contributed by atoms with E-state index in [1.807, 2.05) is 20.8 Å². The van der Waals surface area contributed by atoms with E-state index in [4.69, 9.17) is 5.11 Å². The lowest BCUT2D eigenvalue weighted by atomic mass is 9.94. The third kappa shape index (κ3) is 4.74. The van der Waals surface area contributed by atoms with E-state index in [0.717, 1.165) is 6.07 Å². The lowest BCUT2D eigenvalue weighted by molar-refractivity contribution is 0.0690. The van der Waals surface area contributed by atoms with Crippen molar-refractivity contribution in [1.29, 1.82) is 0 Å². The summed E-state index contributed by atoms with van der Waals surface area (Å²) >= 11 is 0. The molecule has 3 N–H and O–H groups in total. The molecule has 0 aliphatic carbocycles. The molecule has 0 aliphatic heterocycles. The van der Waals surface area contributed by atoms with Gasteiger partial charge < -0.3 is 5.11 Å². The van der Waals surface area contributed by atoms with Crippen molar-refractivity contribution in [3.8, 4) is 0 Å². The van der Waals surface area contributed by atoms with Crippen LogP contribution in [0, 0.1) is 5.41 Å². The zero-order valence-corrected chi connectivity index (χ0v) is 11.3. The van der Waals surface area contributed by atoms with Crippen molar-refractivity contribution in [3.05, 3.63) is 11.8 Å². The van der Waals surface area contributed by atoms with Gasteiger partial charge in [0.05, 0.1) is 5.75 Å². The summed E-state index contributed by atoms with van der Waals surface area (Å²) in [5.74, 6) is -1.24. The number of nitrogens with one attached hydrogen (secondary N) is 2. The molecule has 102 valence electrons. The van der Waals surface area contributed by atoms with E-state index in [9.17, 15) is 13.2 Å². The first kappa shape index (κ1) is 14.5.